The summed E-state index contributed by atoms with van der Waals surface area (Å²) in [7, 11) is 0. The van der Waals surface area contributed by atoms with Gasteiger partial charge in [-0.15, -0.1) is 11.3 Å². The van der Waals surface area contributed by atoms with Gasteiger partial charge in [0.1, 0.15) is 0 Å². The van der Waals surface area contributed by atoms with Crippen LogP contribution in [0, 0.1) is 0 Å². The fourth-order valence-electron chi connectivity index (χ4n) is 2.56. The molecule has 0 radical (unpaired) electrons. The van der Waals surface area contributed by atoms with Gasteiger partial charge in [-0.1, -0.05) is 0 Å². The Kier molecular flexibility index (Phi) is 4.12. The minimum atomic E-state index is 0.365. The van der Waals surface area contributed by atoms with Gasteiger partial charge in [-0.25, -0.2) is 4.98 Å². The zero-order valence-corrected chi connectivity index (χ0v) is 12.4. The molecule has 1 aliphatic heterocycles. The highest BCUT2D eigenvalue weighted by Gasteiger charge is 2.25. The number of anilines is 1. The Morgan fingerprint density at radius 2 is 2.11 bits per heavy atom. The zero-order chi connectivity index (χ0) is 13.1. The molecule has 0 spiro atoms. The quantitative estimate of drug-likeness (QED) is 0.937. The van der Waals surface area contributed by atoms with Gasteiger partial charge < -0.3 is 10.6 Å². The van der Waals surface area contributed by atoms with E-state index in [0.29, 0.717) is 12.6 Å². The van der Waals surface area contributed by atoms with E-state index >= 15 is 0 Å². The number of hydrogen-bond donors (Lipinski definition) is 1. The number of nitrogens with two attached hydrogens (primary N) is 1. The molecule has 102 valence electrons. The van der Waals surface area contributed by atoms with Crippen LogP contribution in [0.5, 0.6) is 0 Å². The SMILES string of the molecule is NCC(c1ccsc1)N1CCN(c2nccs2)CC1. The molecule has 0 aromatic carbocycles. The lowest BCUT2D eigenvalue weighted by atomic mass is 10.1. The van der Waals surface area contributed by atoms with E-state index in [0.717, 1.165) is 31.3 Å². The fraction of sp³-hybridized carbons (Fsp3) is 0.462. The van der Waals surface area contributed by atoms with Crippen molar-refractivity contribution in [2.24, 2.45) is 5.73 Å². The van der Waals surface area contributed by atoms with Crippen LogP contribution in [-0.2, 0) is 0 Å². The average Bonchev–Trinajstić information content (AvgIpc) is 3.14. The van der Waals surface area contributed by atoms with Crippen molar-refractivity contribution in [1.82, 2.24) is 9.88 Å². The Hall–Kier alpha value is -0.950. The zero-order valence-electron chi connectivity index (χ0n) is 10.7. The summed E-state index contributed by atoms with van der Waals surface area (Å²) in [5.74, 6) is 0. The summed E-state index contributed by atoms with van der Waals surface area (Å²) >= 11 is 3.46. The molecule has 1 fully saturated rings. The molecule has 0 saturated carbocycles. The lowest BCUT2D eigenvalue weighted by molar-refractivity contribution is 0.190. The van der Waals surface area contributed by atoms with Crippen molar-refractivity contribution >= 4 is 27.8 Å². The molecule has 3 rings (SSSR count). The summed E-state index contributed by atoms with van der Waals surface area (Å²) < 4.78 is 0. The van der Waals surface area contributed by atoms with E-state index in [1.807, 2.05) is 11.6 Å². The lowest BCUT2D eigenvalue weighted by Gasteiger charge is -2.38. The predicted molar refractivity (Wildman–Crippen MR) is 82.0 cm³/mol. The third-order valence-corrected chi connectivity index (χ3v) is 5.13. The highest BCUT2D eigenvalue weighted by atomic mass is 32.1. The molecule has 2 aromatic rings. The first-order chi connectivity index (χ1) is 9.38. The van der Waals surface area contributed by atoms with Crippen molar-refractivity contribution in [2.75, 3.05) is 37.6 Å². The van der Waals surface area contributed by atoms with E-state index in [2.05, 4.69) is 31.6 Å². The summed E-state index contributed by atoms with van der Waals surface area (Å²) in [5.41, 5.74) is 7.32. The summed E-state index contributed by atoms with van der Waals surface area (Å²) in [5, 5.41) is 7.52. The molecule has 2 aromatic heterocycles. The summed E-state index contributed by atoms with van der Waals surface area (Å²) in [6, 6.07) is 2.56. The second-order valence-electron chi connectivity index (χ2n) is 4.65. The van der Waals surface area contributed by atoms with Gasteiger partial charge in [0.25, 0.3) is 0 Å². The summed E-state index contributed by atoms with van der Waals surface area (Å²) in [4.78, 5) is 9.24. The molecule has 0 aliphatic carbocycles. The van der Waals surface area contributed by atoms with Crippen LogP contribution < -0.4 is 10.6 Å². The molecular weight excluding hydrogens is 276 g/mol. The molecule has 0 amide bonds. The smallest absolute Gasteiger partial charge is 0.185 e. The minimum Gasteiger partial charge on any atom is -0.346 e. The Labute approximate surface area is 121 Å². The molecule has 3 heterocycles. The first-order valence-electron chi connectivity index (χ1n) is 6.49. The van der Waals surface area contributed by atoms with Gasteiger partial charge in [0.05, 0.1) is 0 Å². The third kappa shape index (κ3) is 2.81. The Balaban J connectivity index is 1.63. The third-order valence-electron chi connectivity index (χ3n) is 3.60. The maximum atomic E-state index is 5.96. The molecule has 1 saturated heterocycles. The van der Waals surface area contributed by atoms with Crippen LogP contribution in [0.3, 0.4) is 0 Å². The maximum Gasteiger partial charge on any atom is 0.185 e. The van der Waals surface area contributed by atoms with Crippen LogP contribution in [0.15, 0.2) is 28.4 Å². The Morgan fingerprint density at radius 3 is 2.68 bits per heavy atom. The number of thiazole rings is 1. The van der Waals surface area contributed by atoms with E-state index in [-0.39, 0.29) is 0 Å². The highest BCUT2D eigenvalue weighted by molar-refractivity contribution is 7.13. The Bertz CT molecular complexity index is 475. The molecule has 4 nitrogen and oxygen atoms in total. The van der Waals surface area contributed by atoms with Crippen molar-refractivity contribution in [3.05, 3.63) is 34.0 Å². The molecule has 2 N–H and O–H groups in total. The normalized spacial score (nSPS) is 18.7. The van der Waals surface area contributed by atoms with Gasteiger partial charge in [0.2, 0.25) is 0 Å². The molecule has 6 heteroatoms. The first-order valence-corrected chi connectivity index (χ1v) is 8.31. The van der Waals surface area contributed by atoms with E-state index in [9.17, 15) is 0 Å². The van der Waals surface area contributed by atoms with Crippen LogP contribution in [0.4, 0.5) is 5.13 Å². The van der Waals surface area contributed by atoms with Crippen LogP contribution in [0.25, 0.3) is 0 Å². The molecule has 1 unspecified atom stereocenters. The van der Waals surface area contributed by atoms with Crippen LogP contribution in [0.2, 0.25) is 0 Å². The molecule has 0 bridgehead atoms. The Morgan fingerprint density at radius 1 is 1.26 bits per heavy atom. The summed E-state index contributed by atoms with van der Waals surface area (Å²) in [6.07, 6.45) is 1.88. The number of nitrogens with zero attached hydrogens (tertiary/aromatic N) is 3. The standard InChI is InChI=1S/C13H18N4S2/c14-9-12(11-1-7-18-10-11)16-3-5-17(6-4-16)13-15-2-8-19-13/h1-2,7-8,10,12H,3-6,9,14H2. The minimum absolute atomic E-state index is 0.365. The fourth-order valence-corrected chi connectivity index (χ4v) is 3.96. The number of hydrogen-bond acceptors (Lipinski definition) is 6. The van der Waals surface area contributed by atoms with Gasteiger partial charge >= 0.3 is 0 Å². The first kappa shape index (κ1) is 13.1. The van der Waals surface area contributed by atoms with Crippen molar-refractivity contribution in [3.63, 3.8) is 0 Å². The highest BCUT2D eigenvalue weighted by Crippen LogP contribution is 2.25. The second kappa shape index (κ2) is 6.00. The van der Waals surface area contributed by atoms with Gasteiger partial charge in [-0.3, -0.25) is 4.90 Å². The van der Waals surface area contributed by atoms with E-state index in [4.69, 9.17) is 5.73 Å². The van der Waals surface area contributed by atoms with Crippen molar-refractivity contribution in [3.8, 4) is 0 Å². The van der Waals surface area contributed by atoms with Crippen LogP contribution in [0.1, 0.15) is 11.6 Å². The van der Waals surface area contributed by atoms with Gasteiger partial charge in [0.15, 0.2) is 5.13 Å². The molecule has 19 heavy (non-hydrogen) atoms. The number of aromatic nitrogens is 1. The largest absolute Gasteiger partial charge is 0.346 e. The molecule has 1 aliphatic rings. The number of rotatable bonds is 4. The van der Waals surface area contributed by atoms with Gasteiger partial charge in [0, 0.05) is 50.3 Å². The van der Waals surface area contributed by atoms with Crippen molar-refractivity contribution in [2.45, 2.75) is 6.04 Å². The van der Waals surface area contributed by atoms with Gasteiger partial charge in [-0.2, -0.15) is 11.3 Å². The average molecular weight is 294 g/mol. The van der Waals surface area contributed by atoms with Crippen LogP contribution in [-0.4, -0.2) is 42.6 Å². The van der Waals surface area contributed by atoms with E-state index in [1.165, 1.54) is 5.56 Å². The van der Waals surface area contributed by atoms with Crippen molar-refractivity contribution < 1.29 is 0 Å². The van der Waals surface area contributed by atoms with Crippen LogP contribution >= 0.6 is 22.7 Å². The predicted octanol–water partition coefficient (Wildman–Crippen LogP) is 2.03. The molecular formula is C13H18N4S2. The van der Waals surface area contributed by atoms with Crippen molar-refractivity contribution in [1.29, 1.82) is 0 Å². The topological polar surface area (TPSA) is 45.4 Å². The monoisotopic (exact) mass is 294 g/mol. The maximum absolute atomic E-state index is 5.96. The van der Waals surface area contributed by atoms with Gasteiger partial charge in [-0.05, 0) is 22.4 Å². The van der Waals surface area contributed by atoms with E-state index < -0.39 is 0 Å². The number of piperazine rings is 1. The molecule has 1 atom stereocenters. The number of thiophene rings is 1. The summed E-state index contributed by atoms with van der Waals surface area (Å²) in [6.45, 7) is 4.87. The lowest BCUT2D eigenvalue weighted by Crippen LogP contribution is -2.49. The second-order valence-corrected chi connectivity index (χ2v) is 6.30. The van der Waals surface area contributed by atoms with E-state index in [1.54, 1.807) is 22.7 Å².